The second-order valence-electron chi connectivity index (χ2n) is 7.22. The van der Waals surface area contributed by atoms with Gasteiger partial charge in [0.1, 0.15) is 5.84 Å². The number of rotatable bonds is 5. The molecule has 20 heavy (non-hydrogen) atoms. The minimum atomic E-state index is 0.273. The summed E-state index contributed by atoms with van der Waals surface area (Å²) in [5.41, 5.74) is 5.94. The second-order valence-corrected chi connectivity index (χ2v) is 7.22. The van der Waals surface area contributed by atoms with Crippen molar-refractivity contribution < 1.29 is 5.21 Å². The summed E-state index contributed by atoms with van der Waals surface area (Å²) in [7, 11) is 2.30. The molecule has 3 rings (SSSR count). The summed E-state index contributed by atoms with van der Waals surface area (Å²) < 4.78 is 0. The van der Waals surface area contributed by atoms with E-state index in [1.165, 1.54) is 44.9 Å². The quantitative estimate of drug-likeness (QED) is 0.309. The van der Waals surface area contributed by atoms with Crippen LogP contribution in [-0.4, -0.2) is 47.7 Å². The van der Waals surface area contributed by atoms with E-state index in [9.17, 15) is 0 Å². The van der Waals surface area contributed by atoms with Crippen LogP contribution in [0.5, 0.6) is 0 Å². The number of amidine groups is 1. The highest BCUT2D eigenvalue weighted by atomic mass is 16.4. The summed E-state index contributed by atoms with van der Waals surface area (Å²) in [6.07, 6.45) is 9.83. The van der Waals surface area contributed by atoms with Gasteiger partial charge >= 0.3 is 0 Å². The van der Waals surface area contributed by atoms with Crippen LogP contribution in [-0.2, 0) is 0 Å². The normalized spacial score (nSPS) is 36.9. The van der Waals surface area contributed by atoms with Crippen molar-refractivity contribution in [3.63, 3.8) is 0 Å². The van der Waals surface area contributed by atoms with Gasteiger partial charge in [-0.15, -0.1) is 0 Å². The van der Waals surface area contributed by atoms with Crippen molar-refractivity contribution in [1.82, 2.24) is 10.2 Å². The molecule has 5 nitrogen and oxygen atoms in total. The van der Waals surface area contributed by atoms with Crippen molar-refractivity contribution in [2.24, 2.45) is 16.3 Å². The zero-order chi connectivity index (χ0) is 14.2. The highest BCUT2D eigenvalue weighted by Crippen LogP contribution is 2.48. The third kappa shape index (κ3) is 2.93. The maximum atomic E-state index is 8.72. The second kappa shape index (κ2) is 5.53. The Hall–Kier alpha value is -0.810. The van der Waals surface area contributed by atoms with Gasteiger partial charge in [-0.3, -0.25) is 0 Å². The molecule has 2 saturated heterocycles. The molecule has 0 spiro atoms. The first-order valence-corrected chi connectivity index (χ1v) is 8.04. The van der Waals surface area contributed by atoms with Gasteiger partial charge in [-0.1, -0.05) is 11.6 Å². The number of nitrogens with one attached hydrogen (secondary N) is 1. The first kappa shape index (κ1) is 14.1. The first-order chi connectivity index (χ1) is 9.62. The fourth-order valence-electron chi connectivity index (χ4n) is 4.16. The summed E-state index contributed by atoms with van der Waals surface area (Å²) in [6.45, 7) is 1.02. The lowest BCUT2D eigenvalue weighted by Crippen LogP contribution is -2.55. The van der Waals surface area contributed by atoms with E-state index in [1.54, 1.807) is 0 Å². The van der Waals surface area contributed by atoms with Crippen LogP contribution in [0.3, 0.4) is 0 Å². The van der Waals surface area contributed by atoms with Gasteiger partial charge < -0.3 is 21.2 Å². The maximum Gasteiger partial charge on any atom is 0.139 e. The number of fused-ring (bicyclic) bond motifs is 2. The van der Waals surface area contributed by atoms with Crippen molar-refractivity contribution in [2.45, 2.75) is 69.5 Å². The average Bonchev–Trinajstić information content (AvgIpc) is 3.17. The van der Waals surface area contributed by atoms with Gasteiger partial charge in [0.15, 0.2) is 0 Å². The van der Waals surface area contributed by atoms with Gasteiger partial charge in [-0.2, -0.15) is 0 Å². The van der Waals surface area contributed by atoms with E-state index in [0.717, 1.165) is 25.0 Å². The predicted octanol–water partition coefficient (Wildman–Crippen LogP) is 1.51. The third-order valence-electron chi connectivity index (χ3n) is 5.75. The van der Waals surface area contributed by atoms with E-state index >= 15 is 0 Å². The zero-order valence-electron chi connectivity index (χ0n) is 12.5. The molecule has 0 radical (unpaired) electrons. The van der Waals surface area contributed by atoms with Crippen molar-refractivity contribution in [2.75, 3.05) is 13.6 Å². The molecular weight excluding hydrogens is 252 g/mol. The van der Waals surface area contributed by atoms with Crippen LogP contribution >= 0.6 is 0 Å². The molecule has 3 aliphatic rings. The fraction of sp³-hybridized carbons (Fsp3) is 0.933. The van der Waals surface area contributed by atoms with Crippen LogP contribution in [0.1, 0.15) is 51.4 Å². The molecule has 114 valence electrons. The van der Waals surface area contributed by atoms with E-state index in [4.69, 9.17) is 10.9 Å². The molecule has 4 N–H and O–H groups in total. The Labute approximate surface area is 121 Å². The van der Waals surface area contributed by atoms with E-state index < -0.39 is 0 Å². The molecule has 0 amide bonds. The van der Waals surface area contributed by atoms with Gasteiger partial charge in [0, 0.05) is 31.1 Å². The van der Waals surface area contributed by atoms with Gasteiger partial charge in [0.2, 0.25) is 0 Å². The average molecular weight is 280 g/mol. The van der Waals surface area contributed by atoms with Crippen LogP contribution in [0.15, 0.2) is 5.16 Å². The van der Waals surface area contributed by atoms with Gasteiger partial charge in [-0.05, 0) is 51.0 Å². The fourth-order valence-corrected chi connectivity index (χ4v) is 4.16. The lowest BCUT2D eigenvalue weighted by atomic mass is 9.82. The van der Waals surface area contributed by atoms with Gasteiger partial charge in [0.25, 0.3) is 0 Å². The van der Waals surface area contributed by atoms with Crippen LogP contribution in [0.2, 0.25) is 0 Å². The smallest absolute Gasteiger partial charge is 0.139 e. The van der Waals surface area contributed by atoms with Gasteiger partial charge in [0.05, 0.1) is 0 Å². The molecule has 2 atom stereocenters. The summed E-state index contributed by atoms with van der Waals surface area (Å²) in [6, 6.07) is 2.21. The van der Waals surface area contributed by atoms with E-state index in [1.807, 2.05) is 0 Å². The van der Waals surface area contributed by atoms with Crippen molar-refractivity contribution in [1.29, 1.82) is 0 Å². The topological polar surface area (TPSA) is 73.9 Å². The number of oxime groups is 1. The third-order valence-corrected chi connectivity index (χ3v) is 5.75. The van der Waals surface area contributed by atoms with Crippen LogP contribution < -0.4 is 11.1 Å². The Morgan fingerprint density at radius 1 is 1.35 bits per heavy atom. The molecule has 5 heteroatoms. The Balaban J connectivity index is 1.50. The Morgan fingerprint density at radius 2 is 2.00 bits per heavy atom. The maximum absolute atomic E-state index is 8.72. The van der Waals surface area contributed by atoms with Crippen LogP contribution in [0, 0.1) is 5.41 Å². The first-order valence-electron chi connectivity index (χ1n) is 8.04. The molecule has 0 aromatic heterocycles. The summed E-state index contributed by atoms with van der Waals surface area (Å²) >= 11 is 0. The molecule has 3 fully saturated rings. The SMILES string of the molecule is CN1C2CCCC1CC(NCC1(CC(N)=NO)CC1)C2. The van der Waals surface area contributed by atoms with Crippen LogP contribution in [0.25, 0.3) is 0 Å². The van der Waals surface area contributed by atoms with Crippen molar-refractivity contribution >= 4 is 5.84 Å². The Bertz CT molecular complexity index is 366. The summed E-state index contributed by atoms with van der Waals surface area (Å²) in [4.78, 5) is 2.60. The number of piperidine rings is 2. The molecule has 2 aliphatic heterocycles. The van der Waals surface area contributed by atoms with Gasteiger partial charge in [-0.25, -0.2) is 0 Å². The van der Waals surface area contributed by atoms with Crippen molar-refractivity contribution in [3.8, 4) is 0 Å². The number of hydrogen-bond acceptors (Lipinski definition) is 4. The zero-order valence-corrected chi connectivity index (χ0v) is 12.5. The molecule has 2 bridgehead atoms. The highest BCUT2D eigenvalue weighted by molar-refractivity contribution is 5.80. The van der Waals surface area contributed by atoms with Crippen molar-refractivity contribution in [3.05, 3.63) is 0 Å². The van der Waals surface area contributed by atoms with E-state index in [0.29, 0.717) is 11.9 Å². The molecule has 2 unspecified atom stereocenters. The van der Waals surface area contributed by atoms with Crippen LogP contribution in [0.4, 0.5) is 0 Å². The van der Waals surface area contributed by atoms with E-state index in [2.05, 4.69) is 22.4 Å². The molecular formula is C15H28N4O. The number of nitrogens with two attached hydrogens (primary N) is 1. The monoisotopic (exact) mass is 280 g/mol. The molecule has 0 aromatic carbocycles. The molecule has 0 aromatic rings. The summed E-state index contributed by atoms with van der Waals surface area (Å²) in [5.74, 6) is 0.379. The molecule has 1 saturated carbocycles. The molecule has 1 aliphatic carbocycles. The minimum Gasteiger partial charge on any atom is -0.409 e. The lowest BCUT2D eigenvalue weighted by Gasteiger charge is -2.47. The number of nitrogens with zero attached hydrogens (tertiary/aromatic N) is 2. The Morgan fingerprint density at radius 3 is 2.55 bits per heavy atom. The predicted molar refractivity (Wildman–Crippen MR) is 79.9 cm³/mol. The van der Waals surface area contributed by atoms with E-state index in [-0.39, 0.29) is 5.41 Å². The Kier molecular flexibility index (Phi) is 3.91. The number of hydrogen-bond donors (Lipinski definition) is 3. The largest absolute Gasteiger partial charge is 0.409 e. The molecule has 2 heterocycles. The standard InChI is InChI=1S/C15H28N4O/c1-19-12-3-2-4-13(19)8-11(7-12)17-10-15(5-6-15)9-14(16)18-20/h11-13,17,20H,2-10H2,1H3,(H2,16,18). The summed E-state index contributed by atoms with van der Waals surface area (Å²) in [5, 5.41) is 15.6. The minimum absolute atomic E-state index is 0.273. The lowest BCUT2D eigenvalue weighted by molar-refractivity contribution is 0.0474. The highest BCUT2D eigenvalue weighted by Gasteiger charge is 2.44.